The number of hydrogen-bond donors (Lipinski definition) is 0. The lowest BCUT2D eigenvalue weighted by Crippen LogP contribution is -2.26. The zero-order valence-corrected chi connectivity index (χ0v) is 16.6. The molecule has 0 aromatic heterocycles. The highest BCUT2D eigenvalue weighted by Gasteiger charge is 2.16. The Morgan fingerprint density at radius 1 is 0.964 bits per heavy atom. The molecule has 7 nitrogen and oxygen atoms in total. The summed E-state index contributed by atoms with van der Waals surface area (Å²) in [5.74, 6) is 0.861. The molecular weight excluding hydrogens is 362 g/mol. The fourth-order valence-electron chi connectivity index (χ4n) is 2.54. The summed E-state index contributed by atoms with van der Waals surface area (Å²) in [6.07, 6.45) is 0. The lowest BCUT2D eigenvalue weighted by molar-refractivity contribution is -0.142. The molecule has 0 fully saturated rings. The largest absolute Gasteiger partial charge is 0.494 e. The molecule has 28 heavy (non-hydrogen) atoms. The molecule has 7 heteroatoms. The second-order valence-corrected chi connectivity index (χ2v) is 5.97. The van der Waals surface area contributed by atoms with Crippen LogP contribution in [0.1, 0.15) is 22.8 Å². The van der Waals surface area contributed by atoms with Gasteiger partial charge in [-0.25, -0.2) is 4.79 Å². The maximum atomic E-state index is 12.7. The Morgan fingerprint density at radius 2 is 1.68 bits per heavy atom. The van der Waals surface area contributed by atoms with Crippen LogP contribution >= 0.6 is 0 Å². The van der Waals surface area contributed by atoms with Gasteiger partial charge in [-0.2, -0.15) is 0 Å². The fraction of sp³-hybridized carbons (Fsp3) is 0.333. The van der Waals surface area contributed by atoms with Gasteiger partial charge in [0.25, 0.3) is 5.91 Å². The molecule has 150 valence electrons. The van der Waals surface area contributed by atoms with Crippen molar-refractivity contribution in [1.82, 2.24) is 4.90 Å². The molecule has 2 aromatic rings. The third-order valence-corrected chi connectivity index (χ3v) is 3.98. The number of benzene rings is 2. The van der Waals surface area contributed by atoms with E-state index < -0.39 is 5.97 Å². The summed E-state index contributed by atoms with van der Waals surface area (Å²) in [6, 6.07) is 12.4. The molecule has 0 atom stereocenters. The van der Waals surface area contributed by atoms with E-state index in [1.807, 2.05) is 31.2 Å². The molecule has 0 N–H and O–H groups in total. The summed E-state index contributed by atoms with van der Waals surface area (Å²) in [7, 11) is 4.48. The van der Waals surface area contributed by atoms with E-state index in [1.165, 1.54) is 14.2 Å². The minimum Gasteiger partial charge on any atom is -0.494 e. The second-order valence-electron chi connectivity index (χ2n) is 5.97. The normalized spacial score (nSPS) is 10.1. The van der Waals surface area contributed by atoms with Crippen molar-refractivity contribution in [2.45, 2.75) is 13.5 Å². The molecular formula is C21H25NO6. The summed E-state index contributed by atoms with van der Waals surface area (Å²) in [4.78, 5) is 25.6. The number of ether oxygens (including phenoxy) is 4. The Kier molecular flexibility index (Phi) is 7.68. The molecule has 0 saturated carbocycles. The highest BCUT2D eigenvalue weighted by atomic mass is 16.6. The Morgan fingerprint density at radius 3 is 2.29 bits per heavy atom. The third kappa shape index (κ3) is 5.64. The van der Waals surface area contributed by atoms with E-state index in [1.54, 1.807) is 30.1 Å². The summed E-state index contributed by atoms with van der Waals surface area (Å²) in [5, 5.41) is 0. The van der Waals surface area contributed by atoms with Gasteiger partial charge in [0.1, 0.15) is 5.75 Å². The zero-order chi connectivity index (χ0) is 20.5. The number of rotatable bonds is 9. The summed E-state index contributed by atoms with van der Waals surface area (Å²) in [6.45, 7) is 2.76. The first-order valence-corrected chi connectivity index (χ1v) is 8.83. The molecule has 0 aliphatic heterocycles. The van der Waals surface area contributed by atoms with Crippen LogP contribution in [0.25, 0.3) is 0 Å². The smallest absolute Gasteiger partial charge is 0.343 e. The average molecular weight is 387 g/mol. The summed E-state index contributed by atoms with van der Waals surface area (Å²) >= 11 is 0. The topological polar surface area (TPSA) is 74.3 Å². The lowest BCUT2D eigenvalue weighted by Gasteiger charge is -2.18. The molecule has 0 aliphatic rings. The van der Waals surface area contributed by atoms with Gasteiger partial charge >= 0.3 is 5.97 Å². The molecule has 1 amide bonds. The van der Waals surface area contributed by atoms with Gasteiger partial charge in [-0.05, 0) is 42.8 Å². The molecule has 0 unspecified atom stereocenters. The van der Waals surface area contributed by atoms with Gasteiger partial charge in [-0.15, -0.1) is 0 Å². The number of methoxy groups -OCH3 is 2. The molecule has 0 aliphatic carbocycles. The van der Waals surface area contributed by atoms with E-state index in [0.717, 1.165) is 11.3 Å². The quantitative estimate of drug-likeness (QED) is 0.616. The van der Waals surface area contributed by atoms with Crippen LogP contribution in [0.2, 0.25) is 0 Å². The Balaban J connectivity index is 2.06. The van der Waals surface area contributed by atoms with Crippen LogP contribution in [-0.4, -0.2) is 51.3 Å². The predicted octanol–water partition coefficient (Wildman–Crippen LogP) is 2.92. The van der Waals surface area contributed by atoms with Crippen molar-refractivity contribution in [3.63, 3.8) is 0 Å². The van der Waals surface area contributed by atoms with Crippen molar-refractivity contribution in [3.05, 3.63) is 53.6 Å². The van der Waals surface area contributed by atoms with Crippen LogP contribution in [0, 0.1) is 0 Å². The van der Waals surface area contributed by atoms with E-state index in [4.69, 9.17) is 14.2 Å². The van der Waals surface area contributed by atoms with E-state index in [2.05, 4.69) is 4.74 Å². The van der Waals surface area contributed by atoms with Gasteiger partial charge in [-0.1, -0.05) is 12.1 Å². The fourth-order valence-corrected chi connectivity index (χ4v) is 2.54. The number of carbonyl (C=O) groups excluding carboxylic acids is 2. The first kappa shape index (κ1) is 21.1. The lowest BCUT2D eigenvalue weighted by atomic mass is 10.1. The van der Waals surface area contributed by atoms with Gasteiger partial charge in [0.15, 0.2) is 18.1 Å². The summed E-state index contributed by atoms with van der Waals surface area (Å²) < 4.78 is 20.6. The van der Waals surface area contributed by atoms with E-state index in [-0.39, 0.29) is 12.5 Å². The van der Waals surface area contributed by atoms with E-state index in [9.17, 15) is 9.59 Å². The molecule has 2 aromatic carbocycles. The molecule has 0 saturated heterocycles. The molecule has 0 radical (unpaired) electrons. The third-order valence-electron chi connectivity index (χ3n) is 3.98. The van der Waals surface area contributed by atoms with Gasteiger partial charge < -0.3 is 23.8 Å². The van der Waals surface area contributed by atoms with Gasteiger partial charge in [-0.3, -0.25) is 4.79 Å². The van der Waals surface area contributed by atoms with Crippen molar-refractivity contribution in [3.8, 4) is 17.2 Å². The van der Waals surface area contributed by atoms with Gasteiger partial charge in [0.05, 0.1) is 20.8 Å². The molecule has 0 spiro atoms. The number of carbonyl (C=O) groups is 2. The number of amides is 1. The Labute approximate surface area is 164 Å². The van der Waals surface area contributed by atoms with Crippen LogP contribution in [0.15, 0.2) is 42.5 Å². The standard InChI is InChI=1S/C21H25NO6/c1-5-27-17-9-6-15(7-10-17)13-22(2)21(24)16-8-11-18(19(12-16)25-3)28-14-20(23)26-4/h6-12H,5,13-14H2,1-4H3. The Bertz CT molecular complexity index is 803. The van der Waals surface area contributed by atoms with Crippen molar-refractivity contribution in [2.24, 2.45) is 0 Å². The maximum absolute atomic E-state index is 12.7. The van der Waals surface area contributed by atoms with Crippen molar-refractivity contribution < 1.29 is 28.5 Å². The van der Waals surface area contributed by atoms with E-state index >= 15 is 0 Å². The highest BCUT2D eigenvalue weighted by molar-refractivity contribution is 5.94. The minimum atomic E-state index is -0.503. The highest BCUT2D eigenvalue weighted by Crippen LogP contribution is 2.28. The van der Waals surface area contributed by atoms with Crippen molar-refractivity contribution in [1.29, 1.82) is 0 Å². The predicted molar refractivity (Wildman–Crippen MR) is 104 cm³/mol. The van der Waals surface area contributed by atoms with Crippen molar-refractivity contribution in [2.75, 3.05) is 34.5 Å². The van der Waals surface area contributed by atoms with Gasteiger partial charge in [0.2, 0.25) is 0 Å². The monoisotopic (exact) mass is 387 g/mol. The number of esters is 1. The maximum Gasteiger partial charge on any atom is 0.343 e. The summed E-state index contributed by atoms with van der Waals surface area (Å²) in [5.41, 5.74) is 1.44. The second kappa shape index (κ2) is 10.2. The van der Waals surface area contributed by atoms with E-state index in [0.29, 0.717) is 30.2 Å². The van der Waals surface area contributed by atoms with Crippen LogP contribution in [0.4, 0.5) is 0 Å². The number of hydrogen-bond acceptors (Lipinski definition) is 6. The van der Waals surface area contributed by atoms with Crippen LogP contribution in [0.3, 0.4) is 0 Å². The van der Waals surface area contributed by atoms with Crippen LogP contribution < -0.4 is 14.2 Å². The zero-order valence-electron chi connectivity index (χ0n) is 16.6. The first-order chi connectivity index (χ1) is 13.5. The van der Waals surface area contributed by atoms with Crippen molar-refractivity contribution >= 4 is 11.9 Å². The molecule has 0 bridgehead atoms. The van der Waals surface area contributed by atoms with Crippen LogP contribution in [-0.2, 0) is 16.1 Å². The first-order valence-electron chi connectivity index (χ1n) is 8.83. The number of nitrogens with zero attached hydrogens (tertiary/aromatic N) is 1. The minimum absolute atomic E-state index is 0.160. The average Bonchev–Trinajstić information content (AvgIpc) is 2.72. The molecule has 0 heterocycles. The Hall–Kier alpha value is -3.22. The van der Waals surface area contributed by atoms with Crippen LogP contribution in [0.5, 0.6) is 17.2 Å². The van der Waals surface area contributed by atoms with Gasteiger partial charge in [0, 0.05) is 19.2 Å². The SMILES string of the molecule is CCOc1ccc(CN(C)C(=O)c2ccc(OCC(=O)OC)c(OC)c2)cc1. The molecule has 2 rings (SSSR count).